The van der Waals surface area contributed by atoms with E-state index >= 15 is 0 Å². The average Bonchev–Trinajstić information content (AvgIpc) is 3.08. The van der Waals surface area contributed by atoms with E-state index in [1.54, 1.807) is 19.2 Å². The van der Waals surface area contributed by atoms with Gasteiger partial charge in [0.15, 0.2) is 0 Å². The Labute approximate surface area is 123 Å². The molecule has 0 aliphatic heterocycles. The lowest BCUT2D eigenvalue weighted by atomic mass is 10.1. The van der Waals surface area contributed by atoms with Gasteiger partial charge in [0, 0.05) is 13.5 Å². The highest BCUT2D eigenvalue weighted by molar-refractivity contribution is 5.92. The highest BCUT2D eigenvalue weighted by Gasteiger charge is 2.31. The fourth-order valence-electron chi connectivity index (χ4n) is 3.38. The Bertz CT molecular complexity index is 677. The quantitative estimate of drug-likeness (QED) is 0.939. The standard InChI is InChI=1S/C16H20N2O3/c1-3-15-17-11-9-10(16(19)20)7-8-12(11)18(15)13-5-4-6-14(13)21-2/h7-9,13-14H,3-6H2,1-2H3,(H,19,20). The molecule has 5 heteroatoms. The van der Waals surface area contributed by atoms with Gasteiger partial charge < -0.3 is 14.4 Å². The number of rotatable bonds is 4. The molecule has 0 bridgehead atoms. The number of nitrogens with zero attached hydrogens (tertiary/aromatic N) is 2. The maximum Gasteiger partial charge on any atom is 0.335 e. The Morgan fingerprint density at radius 2 is 2.29 bits per heavy atom. The summed E-state index contributed by atoms with van der Waals surface area (Å²) in [5.74, 6) is 0.0848. The molecule has 1 heterocycles. The Hall–Kier alpha value is -1.88. The van der Waals surface area contributed by atoms with Gasteiger partial charge in [-0.3, -0.25) is 0 Å². The van der Waals surface area contributed by atoms with Crippen LogP contribution < -0.4 is 0 Å². The molecule has 21 heavy (non-hydrogen) atoms. The summed E-state index contributed by atoms with van der Waals surface area (Å²) >= 11 is 0. The van der Waals surface area contributed by atoms with Crippen molar-refractivity contribution in [3.63, 3.8) is 0 Å². The molecule has 1 N–H and O–H groups in total. The van der Waals surface area contributed by atoms with Crippen LogP contribution >= 0.6 is 0 Å². The van der Waals surface area contributed by atoms with Gasteiger partial charge in [-0.1, -0.05) is 6.92 Å². The van der Waals surface area contributed by atoms with E-state index in [0.717, 1.165) is 42.5 Å². The van der Waals surface area contributed by atoms with Crippen molar-refractivity contribution in [3.05, 3.63) is 29.6 Å². The zero-order valence-corrected chi connectivity index (χ0v) is 12.4. The third-order valence-corrected chi connectivity index (χ3v) is 4.38. The lowest BCUT2D eigenvalue weighted by Crippen LogP contribution is -2.22. The molecule has 112 valence electrons. The van der Waals surface area contributed by atoms with Crippen LogP contribution in [0.4, 0.5) is 0 Å². The molecule has 2 unspecified atom stereocenters. The minimum absolute atomic E-state index is 0.215. The summed E-state index contributed by atoms with van der Waals surface area (Å²) in [6.45, 7) is 2.08. The van der Waals surface area contributed by atoms with Crippen LogP contribution in [0, 0.1) is 0 Å². The van der Waals surface area contributed by atoms with Gasteiger partial charge in [0.25, 0.3) is 0 Å². The Morgan fingerprint density at radius 3 is 2.95 bits per heavy atom. The number of benzene rings is 1. The van der Waals surface area contributed by atoms with Gasteiger partial charge in [-0.15, -0.1) is 0 Å². The minimum atomic E-state index is -0.917. The fraction of sp³-hybridized carbons (Fsp3) is 0.500. The van der Waals surface area contributed by atoms with E-state index in [1.165, 1.54) is 0 Å². The van der Waals surface area contributed by atoms with Crippen LogP contribution in [0.5, 0.6) is 0 Å². The number of ether oxygens (including phenoxy) is 1. The molecular formula is C16H20N2O3. The van der Waals surface area contributed by atoms with Crippen LogP contribution in [0.1, 0.15) is 48.4 Å². The number of carboxylic acids is 1. The van der Waals surface area contributed by atoms with Gasteiger partial charge in [-0.2, -0.15) is 0 Å². The highest BCUT2D eigenvalue weighted by atomic mass is 16.5. The molecule has 0 saturated heterocycles. The first-order chi connectivity index (χ1) is 10.2. The minimum Gasteiger partial charge on any atom is -0.478 e. The number of carbonyl (C=O) groups is 1. The van der Waals surface area contributed by atoms with Crippen LogP contribution in [0.15, 0.2) is 18.2 Å². The first-order valence-electron chi connectivity index (χ1n) is 7.42. The molecule has 1 aliphatic rings. The zero-order chi connectivity index (χ0) is 15.0. The maximum atomic E-state index is 11.1. The van der Waals surface area contributed by atoms with Crippen molar-refractivity contribution in [2.24, 2.45) is 0 Å². The molecule has 3 rings (SSSR count). The molecule has 2 atom stereocenters. The SMILES string of the molecule is CCc1nc2cc(C(=O)O)ccc2n1C1CCCC1OC. The number of aromatic nitrogens is 2. The van der Waals surface area contributed by atoms with Gasteiger partial charge in [-0.25, -0.2) is 9.78 Å². The lowest BCUT2D eigenvalue weighted by Gasteiger charge is -2.22. The number of methoxy groups -OCH3 is 1. The summed E-state index contributed by atoms with van der Waals surface area (Å²) < 4.78 is 7.87. The van der Waals surface area contributed by atoms with Gasteiger partial charge >= 0.3 is 5.97 Å². The smallest absolute Gasteiger partial charge is 0.335 e. The zero-order valence-electron chi connectivity index (χ0n) is 12.4. The molecule has 5 nitrogen and oxygen atoms in total. The van der Waals surface area contributed by atoms with Gasteiger partial charge in [-0.05, 0) is 37.5 Å². The first kappa shape index (κ1) is 14.1. The largest absolute Gasteiger partial charge is 0.478 e. The molecule has 1 aromatic heterocycles. The summed E-state index contributed by atoms with van der Waals surface area (Å²) in [6, 6.07) is 5.48. The van der Waals surface area contributed by atoms with E-state index < -0.39 is 5.97 Å². The fourth-order valence-corrected chi connectivity index (χ4v) is 3.38. The van der Waals surface area contributed by atoms with Crippen molar-refractivity contribution in [1.29, 1.82) is 0 Å². The number of imidazole rings is 1. The number of fused-ring (bicyclic) bond motifs is 1. The van der Waals surface area contributed by atoms with E-state index in [1.807, 2.05) is 6.07 Å². The molecule has 2 aromatic rings. The molecule has 0 amide bonds. The Balaban J connectivity index is 2.14. The van der Waals surface area contributed by atoms with Gasteiger partial charge in [0.1, 0.15) is 5.82 Å². The van der Waals surface area contributed by atoms with E-state index in [2.05, 4.69) is 16.5 Å². The third-order valence-electron chi connectivity index (χ3n) is 4.38. The Morgan fingerprint density at radius 1 is 1.48 bits per heavy atom. The first-order valence-corrected chi connectivity index (χ1v) is 7.42. The van der Waals surface area contributed by atoms with Gasteiger partial charge in [0.2, 0.25) is 0 Å². The van der Waals surface area contributed by atoms with Crippen molar-refractivity contribution in [1.82, 2.24) is 9.55 Å². The van der Waals surface area contributed by atoms with Crippen molar-refractivity contribution >= 4 is 17.0 Å². The van der Waals surface area contributed by atoms with Crippen LogP contribution in [0.25, 0.3) is 11.0 Å². The third kappa shape index (κ3) is 2.31. The monoisotopic (exact) mass is 288 g/mol. The molecule has 1 aliphatic carbocycles. The molecular weight excluding hydrogens is 268 g/mol. The second-order valence-corrected chi connectivity index (χ2v) is 5.53. The second kappa shape index (κ2) is 5.48. The second-order valence-electron chi connectivity index (χ2n) is 5.53. The molecule has 1 aromatic carbocycles. The van der Waals surface area contributed by atoms with Crippen LogP contribution in [0.3, 0.4) is 0 Å². The van der Waals surface area contributed by atoms with Crippen LogP contribution in [-0.2, 0) is 11.2 Å². The van der Waals surface area contributed by atoms with E-state index in [-0.39, 0.29) is 11.7 Å². The summed E-state index contributed by atoms with van der Waals surface area (Å²) in [7, 11) is 1.76. The number of hydrogen-bond donors (Lipinski definition) is 1. The summed E-state index contributed by atoms with van der Waals surface area (Å²) in [6.07, 6.45) is 4.34. The molecule has 1 fully saturated rings. The van der Waals surface area contributed by atoms with Crippen LogP contribution in [0.2, 0.25) is 0 Å². The summed E-state index contributed by atoms with van der Waals surface area (Å²) in [4.78, 5) is 15.7. The van der Waals surface area contributed by atoms with E-state index in [9.17, 15) is 4.79 Å². The normalized spacial score (nSPS) is 22.0. The van der Waals surface area contributed by atoms with Crippen molar-refractivity contribution in [2.45, 2.75) is 44.8 Å². The van der Waals surface area contributed by atoms with E-state index in [0.29, 0.717) is 6.04 Å². The average molecular weight is 288 g/mol. The highest BCUT2D eigenvalue weighted by Crippen LogP contribution is 2.36. The summed E-state index contributed by atoms with van der Waals surface area (Å²) in [5, 5.41) is 9.11. The molecule has 0 spiro atoms. The molecule has 1 saturated carbocycles. The van der Waals surface area contributed by atoms with Crippen molar-refractivity contribution < 1.29 is 14.6 Å². The van der Waals surface area contributed by atoms with Crippen molar-refractivity contribution in [3.8, 4) is 0 Å². The van der Waals surface area contributed by atoms with Gasteiger partial charge in [0.05, 0.1) is 28.7 Å². The number of hydrogen-bond acceptors (Lipinski definition) is 3. The summed E-state index contributed by atoms with van der Waals surface area (Å²) in [5.41, 5.74) is 2.05. The molecule has 0 radical (unpaired) electrons. The van der Waals surface area contributed by atoms with Crippen molar-refractivity contribution in [2.75, 3.05) is 7.11 Å². The Kier molecular flexibility index (Phi) is 3.68. The van der Waals surface area contributed by atoms with Crippen LogP contribution in [-0.4, -0.2) is 33.8 Å². The number of aromatic carboxylic acids is 1. The van der Waals surface area contributed by atoms with E-state index in [4.69, 9.17) is 9.84 Å². The number of carboxylic acid groups (broad SMARTS) is 1. The maximum absolute atomic E-state index is 11.1. The predicted octanol–water partition coefficient (Wildman–Crippen LogP) is 3.04. The lowest BCUT2D eigenvalue weighted by molar-refractivity contribution is 0.0696. The topological polar surface area (TPSA) is 64.3 Å². The number of aryl methyl sites for hydroxylation is 1. The predicted molar refractivity (Wildman–Crippen MR) is 79.8 cm³/mol.